The molecular weight excluding hydrogens is 440 g/mol. The zero-order valence-electron chi connectivity index (χ0n) is 19.2. The number of thioether (sulfide) groups is 1. The van der Waals surface area contributed by atoms with Crippen LogP contribution in [0.25, 0.3) is 0 Å². The molecule has 10 heteroatoms. The minimum atomic E-state index is -0.686. The van der Waals surface area contributed by atoms with Gasteiger partial charge in [-0.25, -0.2) is 14.8 Å². The molecule has 3 aromatic rings. The van der Waals surface area contributed by atoms with Gasteiger partial charge in [-0.2, -0.15) is 0 Å². The second-order valence-corrected chi connectivity index (χ2v) is 9.14. The monoisotopic (exact) mass is 468 g/mol. The number of hydrogen-bond donors (Lipinski definition) is 2. The van der Waals surface area contributed by atoms with Crippen LogP contribution in [0.1, 0.15) is 30.9 Å². The molecular formula is C23H28N6O3S. The molecule has 3 N–H and O–H groups in total. The fourth-order valence-electron chi connectivity index (χ4n) is 3.41. The van der Waals surface area contributed by atoms with Gasteiger partial charge in [-0.3, -0.25) is 19.1 Å². The third-order valence-electron chi connectivity index (χ3n) is 4.80. The van der Waals surface area contributed by atoms with Crippen molar-refractivity contribution in [3.63, 3.8) is 0 Å². The van der Waals surface area contributed by atoms with Gasteiger partial charge in [-0.1, -0.05) is 55.9 Å². The van der Waals surface area contributed by atoms with E-state index in [4.69, 9.17) is 5.73 Å². The summed E-state index contributed by atoms with van der Waals surface area (Å²) in [5.74, 6) is 0.401. The van der Waals surface area contributed by atoms with Crippen molar-refractivity contribution in [3.05, 3.63) is 74.3 Å². The van der Waals surface area contributed by atoms with Crippen LogP contribution in [0.15, 0.2) is 51.0 Å². The highest BCUT2D eigenvalue weighted by Gasteiger charge is 2.25. The van der Waals surface area contributed by atoms with Crippen LogP contribution in [-0.2, 0) is 11.3 Å². The van der Waals surface area contributed by atoms with Crippen molar-refractivity contribution in [2.45, 2.75) is 39.3 Å². The van der Waals surface area contributed by atoms with E-state index >= 15 is 0 Å². The standard InChI is InChI=1S/C23H28N6O3S/c1-14(2)11-28(19(30)13-33-18-10-15(3)25-16(4)26-18)20-21(24)29(23(32)27-22(20)31)12-17-8-6-5-7-9-17/h5-10,14H,11-13,24H2,1-4H3,(H,27,31,32). The molecule has 0 aliphatic heterocycles. The highest BCUT2D eigenvalue weighted by Crippen LogP contribution is 2.22. The van der Waals surface area contributed by atoms with E-state index in [-0.39, 0.29) is 42.2 Å². The van der Waals surface area contributed by atoms with Crippen molar-refractivity contribution in [2.24, 2.45) is 5.92 Å². The Morgan fingerprint density at radius 2 is 1.88 bits per heavy atom. The van der Waals surface area contributed by atoms with Gasteiger partial charge in [-0.05, 0) is 31.4 Å². The number of hydrogen-bond acceptors (Lipinski definition) is 7. The molecule has 0 fully saturated rings. The molecule has 0 aliphatic rings. The van der Waals surface area contributed by atoms with E-state index in [1.54, 1.807) is 13.0 Å². The van der Waals surface area contributed by atoms with Crippen LogP contribution in [0.3, 0.4) is 0 Å². The second-order valence-electron chi connectivity index (χ2n) is 8.15. The number of anilines is 2. The van der Waals surface area contributed by atoms with E-state index in [0.29, 0.717) is 10.9 Å². The van der Waals surface area contributed by atoms with Crippen molar-refractivity contribution in [3.8, 4) is 0 Å². The Kier molecular flexibility index (Phi) is 7.70. The van der Waals surface area contributed by atoms with Gasteiger partial charge in [0.15, 0.2) is 5.69 Å². The van der Waals surface area contributed by atoms with E-state index < -0.39 is 11.2 Å². The summed E-state index contributed by atoms with van der Waals surface area (Å²) in [5.41, 5.74) is 6.65. The van der Waals surface area contributed by atoms with E-state index in [2.05, 4.69) is 15.0 Å². The Bertz CT molecular complexity index is 1230. The molecule has 0 saturated carbocycles. The van der Waals surface area contributed by atoms with Crippen molar-refractivity contribution in [2.75, 3.05) is 22.9 Å². The van der Waals surface area contributed by atoms with Crippen LogP contribution in [0.2, 0.25) is 0 Å². The number of nitrogens with two attached hydrogens (primary N) is 1. The highest BCUT2D eigenvalue weighted by molar-refractivity contribution is 7.99. The number of carbonyl (C=O) groups excluding carboxylic acids is 1. The molecule has 0 atom stereocenters. The van der Waals surface area contributed by atoms with E-state index in [1.165, 1.54) is 21.2 Å². The molecule has 3 rings (SSSR count). The Morgan fingerprint density at radius 3 is 2.52 bits per heavy atom. The van der Waals surface area contributed by atoms with Gasteiger partial charge in [0.1, 0.15) is 16.7 Å². The zero-order valence-corrected chi connectivity index (χ0v) is 20.0. The fraction of sp³-hybridized carbons (Fsp3) is 0.348. The Labute approximate surface area is 196 Å². The summed E-state index contributed by atoms with van der Waals surface area (Å²) in [7, 11) is 0. The number of nitrogens with one attached hydrogen (secondary N) is 1. The lowest BCUT2D eigenvalue weighted by Crippen LogP contribution is -2.43. The number of aromatic amines is 1. The van der Waals surface area contributed by atoms with Gasteiger partial charge >= 0.3 is 5.69 Å². The summed E-state index contributed by atoms with van der Waals surface area (Å²) in [5, 5.41) is 0.675. The van der Waals surface area contributed by atoms with Crippen LogP contribution in [0, 0.1) is 19.8 Å². The van der Waals surface area contributed by atoms with Crippen molar-refractivity contribution in [1.29, 1.82) is 0 Å². The van der Waals surface area contributed by atoms with Gasteiger partial charge < -0.3 is 10.6 Å². The number of carbonyl (C=O) groups is 1. The lowest BCUT2D eigenvalue weighted by molar-refractivity contribution is -0.116. The van der Waals surface area contributed by atoms with Gasteiger partial charge in [-0.15, -0.1) is 0 Å². The first kappa shape index (κ1) is 24.2. The molecule has 0 saturated heterocycles. The minimum absolute atomic E-state index is 0.0140. The maximum atomic E-state index is 13.2. The summed E-state index contributed by atoms with van der Waals surface area (Å²) in [4.78, 5) is 50.8. The van der Waals surface area contributed by atoms with Crippen molar-refractivity contribution >= 4 is 29.2 Å². The van der Waals surface area contributed by atoms with E-state index in [9.17, 15) is 14.4 Å². The molecule has 2 heterocycles. The summed E-state index contributed by atoms with van der Waals surface area (Å²) in [6.07, 6.45) is 0. The average molecular weight is 469 g/mol. The highest BCUT2D eigenvalue weighted by atomic mass is 32.2. The molecule has 0 radical (unpaired) electrons. The maximum absolute atomic E-state index is 13.2. The largest absolute Gasteiger partial charge is 0.383 e. The number of aromatic nitrogens is 4. The first-order valence-electron chi connectivity index (χ1n) is 10.6. The predicted molar refractivity (Wildman–Crippen MR) is 131 cm³/mol. The number of benzene rings is 1. The summed E-state index contributed by atoms with van der Waals surface area (Å²) < 4.78 is 1.27. The molecule has 33 heavy (non-hydrogen) atoms. The second kappa shape index (κ2) is 10.5. The van der Waals surface area contributed by atoms with Crippen LogP contribution >= 0.6 is 11.8 Å². The van der Waals surface area contributed by atoms with E-state index in [1.807, 2.05) is 51.1 Å². The average Bonchev–Trinajstić information content (AvgIpc) is 2.74. The number of amides is 1. The van der Waals surface area contributed by atoms with E-state index in [0.717, 1.165) is 11.3 Å². The third kappa shape index (κ3) is 6.10. The molecule has 1 amide bonds. The molecule has 0 bridgehead atoms. The Morgan fingerprint density at radius 1 is 1.18 bits per heavy atom. The normalized spacial score (nSPS) is 11.1. The molecule has 0 aliphatic carbocycles. The number of nitrogens with zero attached hydrogens (tertiary/aromatic N) is 4. The van der Waals surface area contributed by atoms with Crippen molar-refractivity contribution in [1.82, 2.24) is 19.5 Å². The lowest BCUT2D eigenvalue weighted by Gasteiger charge is -2.26. The van der Waals surface area contributed by atoms with Crippen molar-refractivity contribution < 1.29 is 4.79 Å². The van der Waals surface area contributed by atoms with Gasteiger partial charge in [0.25, 0.3) is 5.56 Å². The molecule has 2 aromatic heterocycles. The Hall–Kier alpha value is -3.40. The topological polar surface area (TPSA) is 127 Å². The fourth-order valence-corrected chi connectivity index (χ4v) is 4.29. The predicted octanol–water partition coefficient (Wildman–Crippen LogP) is 2.36. The SMILES string of the molecule is Cc1cc(SCC(=O)N(CC(C)C)c2c(N)n(Cc3ccccc3)c(=O)[nH]c2=O)nc(C)n1. The number of aryl methyl sites for hydroxylation is 2. The van der Waals surface area contributed by atoms with Crippen LogP contribution in [-0.4, -0.2) is 37.7 Å². The van der Waals surface area contributed by atoms with Crippen LogP contribution in [0.4, 0.5) is 11.5 Å². The van der Waals surface area contributed by atoms with Gasteiger partial charge in [0.2, 0.25) is 5.91 Å². The molecule has 174 valence electrons. The van der Waals surface area contributed by atoms with Gasteiger partial charge in [0.05, 0.1) is 12.3 Å². The summed E-state index contributed by atoms with van der Waals surface area (Å²) in [6, 6.07) is 11.1. The molecule has 0 spiro atoms. The number of rotatable bonds is 8. The third-order valence-corrected chi connectivity index (χ3v) is 5.70. The molecule has 9 nitrogen and oxygen atoms in total. The number of nitrogen functional groups attached to an aromatic ring is 1. The van der Waals surface area contributed by atoms with Gasteiger partial charge in [0, 0.05) is 12.2 Å². The first-order chi connectivity index (χ1) is 15.7. The molecule has 0 unspecified atom stereocenters. The quantitative estimate of drug-likeness (QED) is 0.384. The zero-order chi connectivity index (χ0) is 24.1. The van der Waals surface area contributed by atoms with Crippen LogP contribution in [0.5, 0.6) is 0 Å². The summed E-state index contributed by atoms with van der Waals surface area (Å²) in [6.45, 7) is 7.98. The molecule has 1 aromatic carbocycles. The lowest BCUT2D eigenvalue weighted by atomic mass is 10.2. The smallest absolute Gasteiger partial charge is 0.330 e. The minimum Gasteiger partial charge on any atom is -0.383 e. The Balaban J connectivity index is 1.95. The summed E-state index contributed by atoms with van der Waals surface area (Å²) >= 11 is 1.26. The maximum Gasteiger partial charge on any atom is 0.330 e. The van der Waals surface area contributed by atoms with Crippen LogP contribution < -0.4 is 21.9 Å². The first-order valence-corrected chi connectivity index (χ1v) is 11.6. The number of H-pyrrole nitrogens is 1.